The highest BCUT2D eigenvalue weighted by molar-refractivity contribution is 6.33. The summed E-state index contributed by atoms with van der Waals surface area (Å²) in [4.78, 5) is 14.8. The molecule has 1 aromatic heterocycles. The summed E-state index contributed by atoms with van der Waals surface area (Å²) < 4.78 is 20.0. The minimum atomic E-state index is -0.386. The van der Waals surface area contributed by atoms with E-state index in [0.29, 0.717) is 23.9 Å². The summed E-state index contributed by atoms with van der Waals surface area (Å²) in [5.41, 5.74) is 2.49. The topological polar surface area (TPSA) is 59.4 Å². The Labute approximate surface area is 191 Å². The number of rotatable bonds is 6. The highest BCUT2D eigenvalue weighted by atomic mass is 35.5. The molecule has 8 heteroatoms. The Hall–Kier alpha value is -2.90. The molecule has 0 bridgehead atoms. The Morgan fingerprint density at radius 1 is 1.19 bits per heavy atom. The van der Waals surface area contributed by atoms with Gasteiger partial charge in [0.15, 0.2) is 0 Å². The van der Waals surface area contributed by atoms with Crippen LogP contribution in [0.2, 0.25) is 5.02 Å². The fourth-order valence-corrected chi connectivity index (χ4v) is 4.06. The summed E-state index contributed by atoms with van der Waals surface area (Å²) in [6.07, 6.45) is 3.70. The van der Waals surface area contributed by atoms with Gasteiger partial charge in [-0.2, -0.15) is 9.78 Å². The highest BCUT2D eigenvalue weighted by Crippen LogP contribution is 2.26. The van der Waals surface area contributed by atoms with Gasteiger partial charge in [-0.25, -0.2) is 4.39 Å². The fraction of sp³-hybridized carbons (Fsp3) is 0.333. The number of benzene rings is 2. The third-order valence-electron chi connectivity index (χ3n) is 5.90. The smallest absolute Gasteiger partial charge is 0.292 e. The van der Waals surface area contributed by atoms with E-state index in [1.54, 1.807) is 30.5 Å². The number of nitrogens with zero attached hydrogens (tertiary/aromatic N) is 3. The molecule has 32 heavy (non-hydrogen) atoms. The molecule has 1 N–H and O–H groups in total. The van der Waals surface area contributed by atoms with Gasteiger partial charge in [0.2, 0.25) is 0 Å². The summed E-state index contributed by atoms with van der Waals surface area (Å²) in [5, 5.41) is 7.75. The van der Waals surface area contributed by atoms with Crippen LogP contribution in [0.15, 0.2) is 59.5 Å². The van der Waals surface area contributed by atoms with Gasteiger partial charge in [0.1, 0.15) is 10.8 Å². The second kappa shape index (κ2) is 9.71. The predicted molar refractivity (Wildman–Crippen MR) is 126 cm³/mol. The normalized spacial score (nSPS) is 17.1. The molecule has 0 amide bonds. The van der Waals surface area contributed by atoms with E-state index in [2.05, 4.69) is 17.3 Å². The van der Waals surface area contributed by atoms with E-state index in [4.69, 9.17) is 16.3 Å². The summed E-state index contributed by atoms with van der Waals surface area (Å²) in [5.74, 6) is 0.0899. The number of hydrogen-bond donors (Lipinski definition) is 1. The molecule has 1 saturated heterocycles. The van der Waals surface area contributed by atoms with Gasteiger partial charge >= 0.3 is 0 Å². The maximum absolute atomic E-state index is 13.2. The molecule has 2 atom stereocenters. The van der Waals surface area contributed by atoms with Gasteiger partial charge in [-0.1, -0.05) is 11.6 Å². The predicted octanol–water partition coefficient (Wildman–Crippen LogP) is 5.02. The van der Waals surface area contributed by atoms with Gasteiger partial charge < -0.3 is 15.0 Å². The van der Waals surface area contributed by atoms with E-state index in [1.165, 1.54) is 16.8 Å². The zero-order valence-electron chi connectivity index (χ0n) is 18.1. The van der Waals surface area contributed by atoms with Crippen molar-refractivity contribution in [3.63, 3.8) is 0 Å². The molecular formula is C24H26ClFN4O2. The van der Waals surface area contributed by atoms with E-state index in [0.717, 1.165) is 30.8 Å². The summed E-state index contributed by atoms with van der Waals surface area (Å²) in [7, 11) is 1.89. The van der Waals surface area contributed by atoms with Crippen molar-refractivity contribution in [2.24, 2.45) is 5.92 Å². The summed E-state index contributed by atoms with van der Waals surface area (Å²) >= 11 is 6.40. The first-order chi connectivity index (χ1) is 15.4. The van der Waals surface area contributed by atoms with Crippen molar-refractivity contribution in [1.29, 1.82) is 0 Å². The third-order valence-corrected chi connectivity index (χ3v) is 6.27. The molecule has 1 fully saturated rings. The summed E-state index contributed by atoms with van der Waals surface area (Å²) in [6, 6.07) is 13.7. The fourth-order valence-electron chi connectivity index (χ4n) is 3.87. The standard InChI is InChI=1S/C24H26ClFN4O2/c1-16(17-4-3-13-32-15-17)28-22-14-27-30(24(31)23(22)25)21-11-9-20(10-12-21)29(2)19-7-5-18(26)6-8-19/h5-12,14,16-17,28H,3-4,13,15H2,1-2H3/t16-,17+/m1/s1. The molecule has 0 unspecified atom stereocenters. The van der Waals surface area contributed by atoms with Crippen LogP contribution >= 0.6 is 11.6 Å². The molecule has 0 radical (unpaired) electrons. The van der Waals surface area contributed by atoms with Crippen LogP contribution in [0.4, 0.5) is 21.5 Å². The molecule has 0 spiro atoms. The Kier molecular flexibility index (Phi) is 6.77. The van der Waals surface area contributed by atoms with Gasteiger partial charge in [0, 0.05) is 37.0 Å². The number of aromatic nitrogens is 2. The van der Waals surface area contributed by atoms with Crippen LogP contribution in [0, 0.1) is 11.7 Å². The van der Waals surface area contributed by atoms with Crippen LogP contribution in [0.5, 0.6) is 0 Å². The van der Waals surface area contributed by atoms with E-state index >= 15 is 0 Å². The molecule has 4 rings (SSSR count). The first-order valence-electron chi connectivity index (χ1n) is 10.7. The molecule has 0 saturated carbocycles. The lowest BCUT2D eigenvalue weighted by atomic mass is 9.95. The number of anilines is 3. The largest absolute Gasteiger partial charge is 0.381 e. The van der Waals surface area contributed by atoms with E-state index in [-0.39, 0.29) is 22.4 Å². The molecule has 168 valence electrons. The number of hydrogen-bond acceptors (Lipinski definition) is 5. The first kappa shape index (κ1) is 22.3. The molecule has 0 aliphatic carbocycles. The molecule has 1 aliphatic heterocycles. The first-order valence-corrected chi connectivity index (χ1v) is 11.0. The molecule has 2 heterocycles. The minimum Gasteiger partial charge on any atom is -0.381 e. The quantitative estimate of drug-likeness (QED) is 0.564. The van der Waals surface area contributed by atoms with Crippen LogP contribution in [0.3, 0.4) is 0 Å². The monoisotopic (exact) mass is 456 g/mol. The minimum absolute atomic E-state index is 0.107. The van der Waals surface area contributed by atoms with Crippen molar-refractivity contribution in [1.82, 2.24) is 9.78 Å². The van der Waals surface area contributed by atoms with Gasteiger partial charge in [0.25, 0.3) is 5.56 Å². The zero-order valence-corrected chi connectivity index (χ0v) is 18.8. The second-order valence-corrected chi connectivity index (χ2v) is 8.43. The lowest BCUT2D eigenvalue weighted by Gasteiger charge is -2.29. The Balaban J connectivity index is 1.51. The Morgan fingerprint density at radius 3 is 2.47 bits per heavy atom. The van der Waals surface area contributed by atoms with Crippen molar-refractivity contribution in [2.75, 3.05) is 30.5 Å². The molecule has 1 aliphatic rings. The van der Waals surface area contributed by atoms with E-state index in [1.807, 2.05) is 24.1 Å². The molecule has 3 aromatic rings. The van der Waals surface area contributed by atoms with Crippen molar-refractivity contribution in [3.05, 3.63) is 75.9 Å². The molecule has 6 nitrogen and oxygen atoms in total. The number of ether oxygens (including phenoxy) is 1. The highest BCUT2D eigenvalue weighted by Gasteiger charge is 2.22. The zero-order chi connectivity index (χ0) is 22.7. The summed E-state index contributed by atoms with van der Waals surface area (Å²) in [6.45, 7) is 3.58. The van der Waals surface area contributed by atoms with Crippen LogP contribution < -0.4 is 15.8 Å². The van der Waals surface area contributed by atoms with Crippen LogP contribution in [0.1, 0.15) is 19.8 Å². The molecular weight excluding hydrogens is 431 g/mol. The van der Waals surface area contributed by atoms with Gasteiger partial charge in [-0.05, 0) is 68.3 Å². The number of nitrogens with one attached hydrogen (secondary N) is 1. The third kappa shape index (κ3) is 4.79. The van der Waals surface area contributed by atoms with Crippen LogP contribution in [0.25, 0.3) is 5.69 Å². The second-order valence-electron chi connectivity index (χ2n) is 8.05. The van der Waals surface area contributed by atoms with E-state index < -0.39 is 0 Å². The van der Waals surface area contributed by atoms with Crippen molar-refractivity contribution in [3.8, 4) is 5.69 Å². The average molecular weight is 457 g/mol. The number of halogens is 2. The van der Waals surface area contributed by atoms with Crippen molar-refractivity contribution < 1.29 is 9.13 Å². The van der Waals surface area contributed by atoms with Crippen molar-refractivity contribution in [2.45, 2.75) is 25.8 Å². The lowest BCUT2D eigenvalue weighted by molar-refractivity contribution is 0.0496. The lowest BCUT2D eigenvalue weighted by Crippen LogP contribution is -2.33. The maximum atomic E-state index is 13.2. The average Bonchev–Trinajstić information content (AvgIpc) is 2.83. The van der Waals surface area contributed by atoms with Crippen LogP contribution in [-0.4, -0.2) is 36.1 Å². The van der Waals surface area contributed by atoms with Crippen molar-refractivity contribution >= 4 is 28.7 Å². The molecule has 2 aromatic carbocycles. The van der Waals surface area contributed by atoms with Gasteiger partial charge in [-0.3, -0.25) is 4.79 Å². The SMILES string of the molecule is C[C@@H](Nc1cnn(-c2ccc(N(C)c3ccc(F)cc3)cc2)c(=O)c1Cl)[C@H]1CCCOC1. The van der Waals surface area contributed by atoms with Crippen LogP contribution in [-0.2, 0) is 4.74 Å². The maximum Gasteiger partial charge on any atom is 0.292 e. The van der Waals surface area contributed by atoms with E-state index in [9.17, 15) is 9.18 Å². The Morgan fingerprint density at radius 2 is 1.84 bits per heavy atom. The van der Waals surface area contributed by atoms with Gasteiger partial charge in [-0.15, -0.1) is 0 Å². The van der Waals surface area contributed by atoms with Gasteiger partial charge in [0.05, 0.1) is 24.2 Å². The Bertz CT molecular complexity index is 1110.